The maximum absolute atomic E-state index is 12.7. The fourth-order valence-electron chi connectivity index (χ4n) is 4.17. The summed E-state index contributed by atoms with van der Waals surface area (Å²) in [6, 6.07) is 1.78. The molecule has 0 radical (unpaired) electrons. The molecule has 4 rings (SSSR count). The molecule has 0 bridgehead atoms. The van der Waals surface area contributed by atoms with Gasteiger partial charge in [-0.25, -0.2) is 4.98 Å². The normalized spacial score (nSPS) is 26.8. The number of nitrogens with one attached hydrogen (secondary N) is 1. The Morgan fingerprint density at radius 1 is 1.10 bits per heavy atom. The van der Waals surface area contributed by atoms with Crippen LogP contribution in [0.1, 0.15) is 28.9 Å². The number of hydrogen-bond donors (Lipinski definition) is 2. The first kappa shape index (κ1) is 19.6. The van der Waals surface area contributed by atoms with Crippen molar-refractivity contribution in [2.45, 2.75) is 31.2 Å². The van der Waals surface area contributed by atoms with Gasteiger partial charge in [0.05, 0.1) is 23.9 Å². The first-order valence-corrected chi connectivity index (χ1v) is 9.34. The van der Waals surface area contributed by atoms with Crippen LogP contribution in [0.3, 0.4) is 0 Å². The molecule has 1 amide bonds. The first-order chi connectivity index (χ1) is 13.8. The molecule has 2 aromatic rings. The van der Waals surface area contributed by atoms with Crippen molar-refractivity contribution in [1.82, 2.24) is 19.9 Å². The zero-order chi connectivity index (χ0) is 20.6. The average Bonchev–Trinajstić information content (AvgIpc) is 3.10. The Labute approximate surface area is 165 Å². The predicted octanol–water partition coefficient (Wildman–Crippen LogP) is 2.21. The van der Waals surface area contributed by atoms with Crippen molar-refractivity contribution in [3.05, 3.63) is 48.2 Å². The molecule has 4 atom stereocenters. The molecule has 0 spiro atoms. The van der Waals surface area contributed by atoms with Crippen LogP contribution < -0.4 is 5.32 Å². The van der Waals surface area contributed by atoms with Gasteiger partial charge in [-0.1, -0.05) is 0 Å². The zero-order valence-corrected chi connectivity index (χ0v) is 15.4. The Morgan fingerprint density at radius 3 is 2.48 bits per heavy atom. The smallest absolute Gasteiger partial charge is 0.391 e. The van der Waals surface area contributed by atoms with E-state index in [1.54, 1.807) is 23.5 Å². The highest BCUT2D eigenvalue weighted by Gasteiger charge is 2.43. The molecule has 1 saturated carbocycles. The van der Waals surface area contributed by atoms with Crippen molar-refractivity contribution >= 4 is 11.7 Å². The van der Waals surface area contributed by atoms with Gasteiger partial charge in [0.15, 0.2) is 0 Å². The number of aliphatic hydroxyl groups excluding tert-OH is 1. The summed E-state index contributed by atoms with van der Waals surface area (Å²) >= 11 is 0. The summed E-state index contributed by atoms with van der Waals surface area (Å²) in [5.74, 6) is 0.519. The van der Waals surface area contributed by atoms with E-state index in [-0.39, 0.29) is 29.5 Å². The number of fused-ring (bicyclic) bond motifs is 1. The van der Waals surface area contributed by atoms with E-state index in [0.29, 0.717) is 37.9 Å². The van der Waals surface area contributed by atoms with Gasteiger partial charge in [-0.3, -0.25) is 14.8 Å². The Bertz CT molecular complexity index is 862. The molecule has 10 heteroatoms. The molecule has 0 aromatic carbocycles. The molecule has 29 heavy (non-hydrogen) atoms. The standard InChI is InChI=1S/C19H20F3N5O2/c20-19(21,22)13-1-2-14(25-7-13)18(29)27-9-11-5-15(16(28)6-12(11)10-27)26-17-8-23-3-4-24-17/h1-4,7-8,11-12,15-16,28H,5-6,9-10H2,(H,24,26)/t11-,12+,15-,16-/m1/s1. The number of nitrogens with zero attached hydrogens (tertiary/aromatic N) is 4. The minimum atomic E-state index is -4.49. The molecule has 2 aliphatic rings. The molecule has 2 aromatic heterocycles. The highest BCUT2D eigenvalue weighted by Crippen LogP contribution is 2.38. The summed E-state index contributed by atoms with van der Waals surface area (Å²) in [6.45, 7) is 0.943. The van der Waals surface area contributed by atoms with Gasteiger partial charge in [-0.05, 0) is 36.8 Å². The average molecular weight is 407 g/mol. The van der Waals surface area contributed by atoms with Crippen molar-refractivity contribution in [2.24, 2.45) is 11.8 Å². The minimum absolute atomic E-state index is 0.00793. The summed E-state index contributed by atoms with van der Waals surface area (Å²) < 4.78 is 38.0. The predicted molar refractivity (Wildman–Crippen MR) is 96.8 cm³/mol. The number of carbonyl (C=O) groups excluding carboxylic acids is 1. The first-order valence-electron chi connectivity index (χ1n) is 9.34. The van der Waals surface area contributed by atoms with Crippen LogP contribution in [0.2, 0.25) is 0 Å². The number of carbonyl (C=O) groups is 1. The lowest BCUT2D eigenvalue weighted by Crippen LogP contribution is -2.43. The van der Waals surface area contributed by atoms with Crippen molar-refractivity contribution < 1.29 is 23.1 Å². The van der Waals surface area contributed by atoms with Gasteiger partial charge in [0.2, 0.25) is 0 Å². The fraction of sp³-hybridized carbons (Fsp3) is 0.474. The zero-order valence-electron chi connectivity index (χ0n) is 15.4. The van der Waals surface area contributed by atoms with Crippen LogP contribution in [0, 0.1) is 11.8 Å². The topological polar surface area (TPSA) is 91.2 Å². The third-order valence-corrected chi connectivity index (χ3v) is 5.64. The number of rotatable bonds is 3. The number of hydrogen-bond acceptors (Lipinski definition) is 6. The molecule has 7 nitrogen and oxygen atoms in total. The van der Waals surface area contributed by atoms with Crippen LogP contribution in [0.4, 0.5) is 19.0 Å². The Hall–Kier alpha value is -2.75. The van der Waals surface area contributed by atoms with E-state index in [2.05, 4.69) is 20.3 Å². The molecule has 0 unspecified atom stereocenters. The van der Waals surface area contributed by atoms with Crippen LogP contribution in [0.25, 0.3) is 0 Å². The Balaban J connectivity index is 1.41. The summed E-state index contributed by atoms with van der Waals surface area (Å²) in [5, 5.41) is 13.7. The van der Waals surface area contributed by atoms with Crippen LogP contribution in [-0.4, -0.2) is 56.1 Å². The number of halogens is 3. The lowest BCUT2D eigenvalue weighted by molar-refractivity contribution is -0.137. The van der Waals surface area contributed by atoms with Crippen molar-refractivity contribution in [2.75, 3.05) is 18.4 Å². The van der Waals surface area contributed by atoms with Gasteiger partial charge in [0.25, 0.3) is 5.91 Å². The second-order valence-electron chi connectivity index (χ2n) is 7.54. The van der Waals surface area contributed by atoms with Gasteiger partial charge < -0.3 is 15.3 Å². The summed E-state index contributed by atoms with van der Waals surface area (Å²) in [5.41, 5.74) is -0.892. The number of anilines is 1. The van der Waals surface area contributed by atoms with Crippen molar-refractivity contribution in [3.63, 3.8) is 0 Å². The monoisotopic (exact) mass is 407 g/mol. The molecule has 154 valence electrons. The number of pyridine rings is 1. The lowest BCUT2D eigenvalue weighted by Gasteiger charge is -2.35. The van der Waals surface area contributed by atoms with E-state index in [4.69, 9.17) is 0 Å². The van der Waals surface area contributed by atoms with Gasteiger partial charge >= 0.3 is 6.18 Å². The molecule has 1 aliphatic carbocycles. The van der Waals surface area contributed by atoms with E-state index in [0.717, 1.165) is 12.1 Å². The number of amides is 1. The second kappa shape index (κ2) is 7.58. The number of likely N-dealkylation sites (tertiary alicyclic amines) is 1. The quantitative estimate of drug-likeness (QED) is 0.811. The van der Waals surface area contributed by atoms with E-state index < -0.39 is 17.8 Å². The van der Waals surface area contributed by atoms with Crippen LogP contribution in [0.15, 0.2) is 36.9 Å². The maximum Gasteiger partial charge on any atom is 0.417 e. The van der Waals surface area contributed by atoms with Gasteiger partial charge in [0, 0.05) is 31.7 Å². The van der Waals surface area contributed by atoms with Crippen molar-refractivity contribution in [1.29, 1.82) is 0 Å². The maximum atomic E-state index is 12.7. The molecule has 3 heterocycles. The van der Waals surface area contributed by atoms with E-state index >= 15 is 0 Å². The van der Waals surface area contributed by atoms with E-state index in [1.807, 2.05) is 0 Å². The van der Waals surface area contributed by atoms with Crippen molar-refractivity contribution in [3.8, 4) is 0 Å². The van der Waals surface area contributed by atoms with Gasteiger partial charge in [-0.15, -0.1) is 0 Å². The number of aliphatic hydroxyl groups is 1. The van der Waals surface area contributed by atoms with E-state index in [9.17, 15) is 23.1 Å². The highest BCUT2D eigenvalue weighted by molar-refractivity contribution is 5.92. The summed E-state index contributed by atoms with van der Waals surface area (Å²) in [7, 11) is 0. The molecule has 2 fully saturated rings. The highest BCUT2D eigenvalue weighted by atomic mass is 19.4. The summed E-state index contributed by atoms with van der Waals surface area (Å²) in [4.78, 5) is 26.2. The Kier molecular flexibility index (Phi) is 5.12. The third-order valence-electron chi connectivity index (χ3n) is 5.64. The van der Waals surface area contributed by atoms with Crippen LogP contribution >= 0.6 is 0 Å². The molecule has 1 saturated heterocycles. The third kappa shape index (κ3) is 4.16. The Morgan fingerprint density at radius 2 is 1.86 bits per heavy atom. The molecular weight excluding hydrogens is 387 g/mol. The van der Waals surface area contributed by atoms with E-state index in [1.165, 1.54) is 0 Å². The fourth-order valence-corrected chi connectivity index (χ4v) is 4.17. The van der Waals surface area contributed by atoms with Gasteiger partial charge in [-0.2, -0.15) is 13.2 Å². The molecular formula is C19H20F3N5O2. The minimum Gasteiger partial charge on any atom is -0.391 e. The largest absolute Gasteiger partial charge is 0.417 e. The van der Waals surface area contributed by atoms with Crippen LogP contribution in [0.5, 0.6) is 0 Å². The SMILES string of the molecule is O=C(c1ccc(C(F)(F)F)cn1)N1C[C@H]2C[C@@H](Nc3cnccn3)[C@H](O)C[C@H]2C1. The lowest BCUT2D eigenvalue weighted by atomic mass is 9.77. The number of alkyl halides is 3. The second-order valence-corrected chi connectivity index (χ2v) is 7.54. The summed E-state index contributed by atoms with van der Waals surface area (Å²) in [6.07, 6.45) is 1.51. The van der Waals surface area contributed by atoms with Gasteiger partial charge in [0.1, 0.15) is 11.5 Å². The molecule has 1 aliphatic heterocycles. The number of aromatic nitrogens is 3. The van der Waals surface area contributed by atoms with Crippen LogP contribution in [-0.2, 0) is 6.18 Å². The molecule has 2 N–H and O–H groups in total.